The number of nitriles is 3. The second-order valence-electron chi connectivity index (χ2n) is 3.55. The Morgan fingerprint density at radius 3 is 2.20 bits per heavy atom. The van der Waals surface area contributed by atoms with Gasteiger partial charge in [0.1, 0.15) is 18.2 Å². The molecule has 0 radical (unpaired) electrons. The summed E-state index contributed by atoms with van der Waals surface area (Å²) in [6.07, 6.45) is 1.29. The smallest absolute Gasteiger partial charge is 0.171 e. The van der Waals surface area contributed by atoms with Crippen LogP contribution in [0.15, 0.2) is 33.4 Å². The molecule has 0 bridgehead atoms. The van der Waals surface area contributed by atoms with Gasteiger partial charge in [0.15, 0.2) is 17.1 Å². The molecule has 0 aliphatic carbocycles. The average molecular weight is 331 g/mol. The Hall–Kier alpha value is -2.95. The van der Waals surface area contributed by atoms with Gasteiger partial charge in [-0.1, -0.05) is 0 Å². The number of aromatic hydroxyl groups is 2. The third-order valence-corrected chi connectivity index (χ3v) is 2.88. The maximum absolute atomic E-state index is 9.47. The summed E-state index contributed by atoms with van der Waals surface area (Å²) in [4.78, 5) is 0. The topological polar surface area (TPSA) is 138 Å². The van der Waals surface area contributed by atoms with E-state index in [0.717, 1.165) is 0 Å². The van der Waals surface area contributed by atoms with Crippen LogP contribution in [0.25, 0.3) is 6.08 Å². The third-order valence-electron chi connectivity index (χ3n) is 2.28. The van der Waals surface area contributed by atoms with E-state index in [9.17, 15) is 10.2 Å². The number of hydrogen-bond acceptors (Lipinski definition) is 6. The van der Waals surface area contributed by atoms with Crippen molar-refractivity contribution in [3.05, 3.63) is 39.0 Å². The van der Waals surface area contributed by atoms with Crippen LogP contribution in [0.4, 0.5) is 0 Å². The van der Waals surface area contributed by atoms with E-state index in [4.69, 9.17) is 21.5 Å². The van der Waals surface area contributed by atoms with Crippen molar-refractivity contribution in [3.8, 4) is 29.7 Å². The standard InChI is InChI=1S/C13H7BrN4O2/c14-10-2-7(3-11(19)13(10)20)1-8(4-15)12(18)9(5-16)6-17/h1-3,19-20H,18H2/b8-1+. The number of phenols is 2. The van der Waals surface area contributed by atoms with Crippen LogP contribution in [0, 0.1) is 34.0 Å². The molecule has 0 atom stereocenters. The lowest BCUT2D eigenvalue weighted by atomic mass is 10.1. The van der Waals surface area contributed by atoms with Crippen LogP contribution in [0.2, 0.25) is 0 Å². The Labute approximate surface area is 123 Å². The molecule has 0 aliphatic heterocycles. The van der Waals surface area contributed by atoms with E-state index in [-0.39, 0.29) is 32.8 Å². The molecule has 7 heteroatoms. The van der Waals surface area contributed by atoms with Crippen LogP contribution >= 0.6 is 15.9 Å². The molecule has 0 saturated heterocycles. The molecule has 0 aromatic heterocycles. The van der Waals surface area contributed by atoms with Gasteiger partial charge >= 0.3 is 0 Å². The summed E-state index contributed by atoms with van der Waals surface area (Å²) in [5.74, 6) is -0.717. The quantitative estimate of drug-likeness (QED) is 0.430. The predicted molar refractivity (Wildman–Crippen MR) is 73.5 cm³/mol. The predicted octanol–water partition coefficient (Wildman–Crippen LogP) is 2.03. The van der Waals surface area contributed by atoms with E-state index in [1.54, 1.807) is 18.2 Å². The number of hydrogen-bond donors (Lipinski definition) is 3. The molecule has 1 aromatic carbocycles. The first kappa shape index (κ1) is 15.1. The van der Waals surface area contributed by atoms with Gasteiger partial charge < -0.3 is 15.9 Å². The molecule has 0 spiro atoms. The Morgan fingerprint density at radius 1 is 1.15 bits per heavy atom. The molecule has 0 saturated carbocycles. The van der Waals surface area contributed by atoms with Crippen LogP contribution in [-0.4, -0.2) is 10.2 Å². The van der Waals surface area contributed by atoms with Crippen molar-refractivity contribution in [2.24, 2.45) is 5.73 Å². The minimum atomic E-state index is -0.383. The van der Waals surface area contributed by atoms with Crippen molar-refractivity contribution in [1.29, 1.82) is 15.8 Å². The van der Waals surface area contributed by atoms with Gasteiger partial charge in [-0.25, -0.2) is 0 Å². The van der Waals surface area contributed by atoms with Gasteiger partial charge in [0.2, 0.25) is 0 Å². The fourth-order valence-corrected chi connectivity index (χ4v) is 1.77. The zero-order chi connectivity index (χ0) is 15.3. The van der Waals surface area contributed by atoms with Gasteiger partial charge in [0, 0.05) is 0 Å². The number of halogens is 1. The molecule has 0 fully saturated rings. The number of allylic oxidation sites excluding steroid dienone is 2. The van der Waals surface area contributed by atoms with Crippen molar-refractivity contribution >= 4 is 22.0 Å². The fourth-order valence-electron chi connectivity index (χ4n) is 1.31. The molecule has 0 amide bonds. The van der Waals surface area contributed by atoms with E-state index in [1.165, 1.54) is 18.2 Å². The highest BCUT2D eigenvalue weighted by Gasteiger charge is 2.10. The molecular formula is C13H7BrN4O2. The summed E-state index contributed by atoms with van der Waals surface area (Å²) in [5.41, 5.74) is 5.21. The highest BCUT2D eigenvalue weighted by molar-refractivity contribution is 9.10. The third kappa shape index (κ3) is 3.08. The normalized spacial score (nSPS) is 10.0. The molecule has 4 N–H and O–H groups in total. The number of rotatable bonds is 2. The largest absolute Gasteiger partial charge is 0.504 e. The summed E-state index contributed by atoms with van der Waals surface area (Å²) in [6, 6.07) is 7.60. The molecule has 0 aliphatic rings. The molecule has 1 rings (SSSR count). The maximum atomic E-state index is 9.47. The second kappa shape index (κ2) is 6.29. The lowest BCUT2D eigenvalue weighted by Crippen LogP contribution is -2.03. The van der Waals surface area contributed by atoms with Crippen LogP contribution in [-0.2, 0) is 0 Å². The Balaban J connectivity index is 3.43. The lowest BCUT2D eigenvalue weighted by molar-refractivity contribution is 0.401. The second-order valence-corrected chi connectivity index (χ2v) is 4.41. The van der Waals surface area contributed by atoms with Crippen LogP contribution in [0.5, 0.6) is 11.5 Å². The SMILES string of the molecule is N#CC(C#N)=C(N)/C(C#N)=C/c1cc(O)c(O)c(Br)c1. The zero-order valence-corrected chi connectivity index (χ0v) is 11.5. The molecular weight excluding hydrogens is 324 g/mol. The molecule has 6 nitrogen and oxygen atoms in total. The Kier molecular flexibility index (Phi) is 4.75. The molecule has 0 unspecified atom stereocenters. The average Bonchev–Trinajstić information content (AvgIpc) is 2.43. The lowest BCUT2D eigenvalue weighted by Gasteiger charge is -2.04. The minimum Gasteiger partial charge on any atom is -0.504 e. The molecule has 1 aromatic rings. The number of benzene rings is 1. The van der Waals surface area contributed by atoms with Gasteiger partial charge in [-0.3, -0.25) is 0 Å². The Bertz CT molecular complexity index is 706. The van der Waals surface area contributed by atoms with Gasteiger partial charge in [-0.05, 0) is 39.7 Å². The van der Waals surface area contributed by atoms with Crippen molar-refractivity contribution in [3.63, 3.8) is 0 Å². The molecule has 20 heavy (non-hydrogen) atoms. The van der Waals surface area contributed by atoms with Crippen molar-refractivity contribution in [2.45, 2.75) is 0 Å². The van der Waals surface area contributed by atoms with Crippen molar-refractivity contribution in [2.75, 3.05) is 0 Å². The van der Waals surface area contributed by atoms with Gasteiger partial charge in [-0.2, -0.15) is 15.8 Å². The first-order chi connectivity index (χ1) is 9.44. The van der Waals surface area contributed by atoms with Crippen molar-refractivity contribution in [1.82, 2.24) is 0 Å². The minimum absolute atomic E-state index is 0.0971. The summed E-state index contributed by atoms with van der Waals surface area (Å²) in [6.45, 7) is 0. The summed E-state index contributed by atoms with van der Waals surface area (Å²) in [5, 5.41) is 45.3. The Morgan fingerprint density at radius 2 is 1.75 bits per heavy atom. The van der Waals surface area contributed by atoms with E-state index in [2.05, 4.69) is 15.9 Å². The summed E-state index contributed by atoms with van der Waals surface area (Å²) >= 11 is 3.03. The number of phenolic OH excluding ortho intramolecular Hbond substituents is 2. The van der Waals surface area contributed by atoms with E-state index < -0.39 is 0 Å². The highest BCUT2D eigenvalue weighted by atomic mass is 79.9. The monoisotopic (exact) mass is 330 g/mol. The van der Waals surface area contributed by atoms with Crippen LogP contribution < -0.4 is 5.73 Å². The number of nitrogens with zero attached hydrogens (tertiary/aromatic N) is 3. The highest BCUT2D eigenvalue weighted by Crippen LogP contribution is 2.35. The van der Waals surface area contributed by atoms with Crippen molar-refractivity contribution < 1.29 is 10.2 Å². The van der Waals surface area contributed by atoms with Gasteiger partial charge in [-0.15, -0.1) is 0 Å². The van der Waals surface area contributed by atoms with Gasteiger partial charge in [0.25, 0.3) is 0 Å². The fraction of sp³-hybridized carbons (Fsp3) is 0. The zero-order valence-electron chi connectivity index (χ0n) is 9.92. The maximum Gasteiger partial charge on any atom is 0.171 e. The first-order valence-corrected chi connectivity index (χ1v) is 5.87. The molecule has 98 valence electrons. The summed E-state index contributed by atoms with van der Waals surface area (Å²) < 4.78 is 0.226. The summed E-state index contributed by atoms with van der Waals surface area (Å²) in [7, 11) is 0. The number of nitrogens with two attached hydrogens (primary N) is 1. The van der Waals surface area contributed by atoms with Gasteiger partial charge in [0.05, 0.1) is 15.7 Å². The first-order valence-electron chi connectivity index (χ1n) is 5.08. The van der Waals surface area contributed by atoms with E-state index in [1.807, 2.05) is 0 Å². The van der Waals surface area contributed by atoms with E-state index in [0.29, 0.717) is 5.56 Å². The van der Waals surface area contributed by atoms with Crippen LogP contribution in [0.1, 0.15) is 5.56 Å². The van der Waals surface area contributed by atoms with Crippen LogP contribution in [0.3, 0.4) is 0 Å². The molecule has 0 heterocycles. The van der Waals surface area contributed by atoms with E-state index >= 15 is 0 Å².